The molecule has 0 aromatic rings. The van der Waals surface area contributed by atoms with E-state index in [4.69, 9.17) is 0 Å². The summed E-state index contributed by atoms with van der Waals surface area (Å²) in [5.41, 5.74) is 0. The van der Waals surface area contributed by atoms with Crippen molar-refractivity contribution in [3.63, 3.8) is 0 Å². The Morgan fingerprint density at radius 1 is 0.833 bits per heavy atom. The first-order valence-corrected chi connectivity index (χ1v) is 6.59. The molecule has 6 heteroatoms. The molecule has 2 heterocycles. The summed E-state index contributed by atoms with van der Waals surface area (Å²) in [5.74, 6) is -1.38. The fourth-order valence-corrected chi connectivity index (χ4v) is 2.57. The van der Waals surface area contributed by atoms with Gasteiger partial charge in [0.25, 0.3) is 0 Å². The van der Waals surface area contributed by atoms with Crippen molar-refractivity contribution < 1.29 is 19.8 Å². The molecule has 2 saturated heterocycles. The van der Waals surface area contributed by atoms with E-state index >= 15 is 0 Å². The number of hydrogen-bond donors (Lipinski definition) is 2. The summed E-state index contributed by atoms with van der Waals surface area (Å²) in [6.45, 7) is 1.11. The summed E-state index contributed by atoms with van der Waals surface area (Å²) in [7, 11) is 0. The first-order valence-electron chi connectivity index (χ1n) is 6.59. The third-order valence-electron chi connectivity index (χ3n) is 3.63. The van der Waals surface area contributed by atoms with Crippen LogP contribution in [0.25, 0.3) is 0 Å². The molecule has 2 aliphatic heterocycles. The number of carbonyl (C=O) groups excluding carboxylic acids is 2. The van der Waals surface area contributed by atoms with E-state index in [0.29, 0.717) is 25.9 Å². The first kappa shape index (κ1) is 13.3. The van der Waals surface area contributed by atoms with Gasteiger partial charge in [0.1, 0.15) is 12.5 Å². The second kappa shape index (κ2) is 5.67. The van der Waals surface area contributed by atoms with Gasteiger partial charge in [0.2, 0.25) is 0 Å². The maximum atomic E-state index is 12.1. The summed E-state index contributed by atoms with van der Waals surface area (Å²) < 4.78 is 0. The zero-order valence-electron chi connectivity index (χ0n) is 10.4. The minimum Gasteiger partial charge on any atom is -0.373 e. The number of amides is 2. The van der Waals surface area contributed by atoms with E-state index < -0.39 is 24.3 Å². The van der Waals surface area contributed by atoms with Gasteiger partial charge in [0.05, 0.1) is 0 Å². The molecule has 0 aromatic heterocycles. The van der Waals surface area contributed by atoms with Crippen molar-refractivity contribution in [2.24, 2.45) is 0 Å². The Balaban J connectivity index is 2.31. The molecule has 18 heavy (non-hydrogen) atoms. The normalized spacial score (nSPS) is 31.2. The van der Waals surface area contributed by atoms with Gasteiger partial charge in [-0.1, -0.05) is 0 Å². The Kier molecular flexibility index (Phi) is 4.19. The third kappa shape index (κ3) is 2.64. The van der Waals surface area contributed by atoms with Gasteiger partial charge in [-0.3, -0.25) is 14.5 Å². The number of fused-ring (bicyclic) bond motifs is 3. The highest BCUT2D eigenvalue weighted by Gasteiger charge is 2.36. The maximum absolute atomic E-state index is 12.1. The summed E-state index contributed by atoms with van der Waals surface area (Å²) in [4.78, 5) is 26.6. The van der Waals surface area contributed by atoms with Crippen molar-refractivity contribution in [1.82, 2.24) is 9.80 Å². The van der Waals surface area contributed by atoms with E-state index in [-0.39, 0.29) is 0 Å². The maximum Gasteiger partial charge on any atom is 0.316 e. The monoisotopic (exact) mass is 256 g/mol. The largest absolute Gasteiger partial charge is 0.373 e. The third-order valence-corrected chi connectivity index (χ3v) is 3.63. The number of hydrogen-bond acceptors (Lipinski definition) is 4. The van der Waals surface area contributed by atoms with Gasteiger partial charge in [-0.2, -0.15) is 0 Å². The topological polar surface area (TPSA) is 81.1 Å². The lowest BCUT2D eigenvalue weighted by atomic mass is 10.1. The molecule has 0 radical (unpaired) electrons. The highest BCUT2D eigenvalue weighted by atomic mass is 16.3. The molecule has 2 bridgehead atoms. The first-order chi connectivity index (χ1) is 8.61. The second-order valence-corrected chi connectivity index (χ2v) is 4.96. The zero-order valence-corrected chi connectivity index (χ0v) is 10.4. The minimum atomic E-state index is -1.06. The van der Waals surface area contributed by atoms with Crippen LogP contribution in [0, 0.1) is 0 Å². The average molecular weight is 256 g/mol. The molecule has 2 fully saturated rings. The fraction of sp³-hybridized carbons (Fsp3) is 0.833. The van der Waals surface area contributed by atoms with E-state index in [1.54, 1.807) is 4.90 Å². The Bertz CT molecular complexity index is 316. The van der Waals surface area contributed by atoms with Crippen molar-refractivity contribution in [2.45, 2.75) is 51.0 Å². The second-order valence-electron chi connectivity index (χ2n) is 4.96. The molecule has 102 valence electrons. The molecule has 2 rings (SSSR count). The van der Waals surface area contributed by atoms with Gasteiger partial charge >= 0.3 is 11.8 Å². The number of nitrogens with zero attached hydrogens (tertiary/aromatic N) is 2. The van der Waals surface area contributed by atoms with E-state index in [1.807, 2.05) is 0 Å². The molecule has 6 nitrogen and oxygen atoms in total. The van der Waals surface area contributed by atoms with E-state index in [1.165, 1.54) is 0 Å². The van der Waals surface area contributed by atoms with Gasteiger partial charge in [-0.25, -0.2) is 0 Å². The lowest BCUT2D eigenvalue weighted by Crippen LogP contribution is -2.52. The molecular weight excluding hydrogens is 236 g/mol. The summed E-state index contributed by atoms with van der Waals surface area (Å²) in [6, 6.07) is 0. The van der Waals surface area contributed by atoms with Crippen LogP contribution >= 0.6 is 0 Å². The molecule has 2 N–H and O–H groups in total. The van der Waals surface area contributed by atoms with E-state index in [9.17, 15) is 19.8 Å². The predicted octanol–water partition coefficient (Wildman–Crippen LogP) is -0.352. The Labute approximate surface area is 106 Å². The van der Waals surface area contributed by atoms with Crippen LogP contribution in [0.5, 0.6) is 0 Å². The zero-order chi connectivity index (χ0) is 13.1. The molecule has 0 aliphatic carbocycles. The molecule has 2 atom stereocenters. The molecule has 2 aliphatic rings. The average Bonchev–Trinajstić information content (AvgIpc) is 2.41. The van der Waals surface area contributed by atoms with Gasteiger partial charge in [0.15, 0.2) is 0 Å². The number of aliphatic hydroxyl groups is 2. The van der Waals surface area contributed by atoms with Crippen molar-refractivity contribution in [2.75, 3.05) is 13.1 Å². The lowest BCUT2D eigenvalue weighted by molar-refractivity contribution is -0.170. The summed E-state index contributed by atoms with van der Waals surface area (Å²) in [6.07, 6.45) is 1.72. The Morgan fingerprint density at radius 2 is 1.33 bits per heavy atom. The minimum absolute atomic E-state index is 0.407. The van der Waals surface area contributed by atoms with Gasteiger partial charge in [0, 0.05) is 13.1 Å². The van der Waals surface area contributed by atoms with Crippen LogP contribution in [0.2, 0.25) is 0 Å². The van der Waals surface area contributed by atoms with Gasteiger partial charge in [-0.15, -0.1) is 0 Å². The molecule has 0 saturated carbocycles. The molecule has 0 spiro atoms. The number of aliphatic hydroxyl groups excluding tert-OH is 2. The highest BCUT2D eigenvalue weighted by Crippen LogP contribution is 2.19. The lowest BCUT2D eigenvalue weighted by Gasteiger charge is -2.31. The van der Waals surface area contributed by atoms with E-state index in [0.717, 1.165) is 30.6 Å². The van der Waals surface area contributed by atoms with Crippen LogP contribution < -0.4 is 0 Å². The summed E-state index contributed by atoms with van der Waals surface area (Å²) in [5, 5.41) is 19.9. The van der Waals surface area contributed by atoms with Crippen molar-refractivity contribution in [3.8, 4) is 0 Å². The SMILES string of the molecule is O=C1C(=O)N2C(O)CCCCN1CCCCC2O. The molecular formula is C12H20N2O4. The quantitative estimate of drug-likeness (QED) is 0.580. The van der Waals surface area contributed by atoms with E-state index in [2.05, 4.69) is 0 Å². The Hall–Kier alpha value is -1.14. The smallest absolute Gasteiger partial charge is 0.316 e. The van der Waals surface area contributed by atoms with Crippen molar-refractivity contribution in [1.29, 1.82) is 0 Å². The number of carbonyl (C=O) groups is 2. The summed E-state index contributed by atoms with van der Waals surface area (Å²) >= 11 is 0. The van der Waals surface area contributed by atoms with Crippen LogP contribution in [-0.2, 0) is 9.59 Å². The van der Waals surface area contributed by atoms with Crippen LogP contribution in [0.15, 0.2) is 0 Å². The molecule has 2 unspecified atom stereocenters. The van der Waals surface area contributed by atoms with Crippen molar-refractivity contribution >= 4 is 11.8 Å². The molecule has 2 amide bonds. The van der Waals surface area contributed by atoms with Crippen LogP contribution in [0.3, 0.4) is 0 Å². The fourth-order valence-electron chi connectivity index (χ4n) is 2.57. The van der Waals surface area contributed by atoms with Gasteiger partial charge < -0.3 is 15.1 Å². The number of rotatable bonds is 0. The van der Waals surface area contributed by atoms with Crippen LogP contribution in [-0.4, -0.2) is 57.4 Å². The highest BCUT2D eigenvalue weighted by molar-refractivity contribution is 6.35. The standard InChI is InChI=1S/C12H20N2O4/c15-9-5-1-3-7-13-8-4-2-6-10(16)14(9)12(18)11(13)17/h9-10,15-16H,1-8H2. The Morgan fingerprint density at radius 3 is 1.83 bits per heavy atom. The van der Waals surface area contributed by atoms with Crippen molar-refractivity contribution in [3.05, 3.63) is 0 Å². The molecule has 0 aromatic carbocycles. The van der Waals surface area contributed by atoms with Crippen LogP contribution in [0.1, 0.15) is 38.5 Å². The predicted molar refractivity (Wildman–Crippen MR) is 63.1 cm³/mol. The van der Waals surface area contributed by atoms with Gasteiger partial charge in [-0.05, 0) is 38.5 Å². The van der Waals surface area contributed by atoms with Crippen LogP contribution in [0.4, 0.5) is 0 Å².